The predicted octanol–water partition coefficient (Wildman–Crippen LogP) is -0.454. The van der Waals surface area contributed by atoms with Crippen LogP contribution in [-0.2, 0) is 0 Å². The van der Waals surface area contributed by atoms with Crippen molar-refractivity contribution in [1.82, 2.24) is 34.6 Å². The minimum atomic E-state index is -0.999. The van der Waals surface area contributed by atoms with Gasteiger partial charge in [0.2, 0.25) is 0 Å². The molecule has 0 amide bonds. The van der Waals surface area contributed by atoms with E-state index in [0.717, 1.165) is 5.69 Å². The molecule has 4 rings (SSSR count). The Kier molecular flexibility index (Phi) is 2.63. The zero-order chi connectivity index (χ0) is 15.3. The van der Waals surface area contributed by atoms with Gasteiger partial charge in [-0.15, -0.1) is 10.2 Å². The van der Waals surface area contributed by atoms with Crippen LogP contribution in [0.4, 0.5) is 5.69 Å². The fraction of sp³-hybridized carbons (Fsp3) is 0.0833. The molecule has 22 heavy (non-hydrogen) atoms. The highest BCUT2D eigenvalue weighted by Gasteiger charge is 2.16. The summed E-state index contributed by atoms with van der Waals surface area (Å²) in [7, 11) is 0. The van der Waals surface area contributed by atoms with Gasteiger partial charge in [-0.05, 0) is 17.4 Å². The van der Waals surface area contributed by atoms with Crippen LogP contribution in [0.5, 0.6) is 0 Å². The van der Waals surface area contributed by atoms with Crippen molar-refractivity contribution >= 4 is 17.1 Å². The first-order chi connectivity index (χ1) is 10.6. The topological polar surface area (TPSA) is 121 Å². The van der Waals surface area contributed by atoms with Gasteiger partial charge in [0.05, 0.1) is 0 Å². The molecule has 1 atom stereocenters. The molecule has 10 nitrogen and oxygen atoms in total. The molecule has 3 heterocycles. The van der Waals surface area contributed by atoms with Crippen LogP contribution in [0.1, 0.15) is 5.69 Å². The maximum Gasteiger partial charge on any atom is 0.261 e. The van der Waals surface area contributed by atoms with Gasteiger partial charge in [0, 0.05) is 29.5 Å². The SMILES string of the molecule is Cc1cc2nnc(-c3cccc([NH+]([O-])O)c3)n2c2nnnn12. The number of fused-ring (bicyclic) bond motifs is 3. The van der Waals surface area contributed by atoms with Crippen molar-refractivity contribution in [2.75, 3.05) is 0 Å². The number of nitrogens with one attached hydrogen (secondary N) is 1. The Morgan fingerprint density at radius 3 is 2.86 bits per heavy atom. The number of rotatable bonds is 2. The molecule has 2 N–H and O–H groups in total. The van der Waals surface area contributed by atoms with Crippen molar-refractivity contribution in [1.29, 1.82) is 0 Å². The van der Waals surface area contributed by atoms with E-state index in [1.54, 1.807) is 33.2 Å². The van der Waals surface area contributed by atoms with Crippen molar-refractivity contribution < 1.29 is 10.4 Å². The third-order valence-electron chi connectivity index (χ3n) is 3.38. The average molecular weight is 298 g/mol. The molecule has 0 spiro atoms. The zero-order valence-electron chi connectivity index (χ0n) is 11.4. The first-order valence-electron chi connectivity index (χ1n) is 6.42. The summed E-state index contributed by atoms with van der Waals surface area (Å²) < 4.78 is 3.26. The van der Waals surface area contributed by atoms with Gasteiger partial charge in [0.25, 0.3) is 5.78 Å². The molecule has 4 aromatic rings. The summed E-state index contributed by atoms with van der Waals surface area (Å²) in [6, 6.07) is 8.30. The van der Waals surface area contributed by atoms with E-state index in [2.05, 4.69) is 25.7 Å². The van der Waals surface area contributed by atoms with Crippen molar-refractivity contribution in [2.45, 2.75) is 6.92 Å². The van der Waals surface area contributed by atoms with Crippen molar-refractivity contribution in [3.05, 3.63) is 41.2 Å². The van der Waals surface area contributed by atoms with Crippen LogP contribution in [0, 0.1) is 12.1 Å². The molecule has 0 radical (unpaired) electrons. The first kappa shape index (κ1) is 12.8. The lowest BCUT2D eigenvalue weighted by atomic mass is 10.2. The summed E-state index contributed by atoms with van der Waals surface area (Å²) in [4.78, 5) is 0. The standard InChI is InChI=1S/C12H10N8O2/c1-7-5-10-13-14-11(18(10)12-15-16-17-19(7)12)8-3-2-4-9(6-8)20(21)22/h2-6,20-21H,1H3. The van der Waals surface area contributed by atoms with Crippen LogP contribution in [0.25, 0.3) is 22.8 Å². The Morgan fingerprint density at radius 2 is 2.05 bits per heavy atom. The van der Waals surface area contributed by atoms with Crippen LogP contribution in [0.2, 0.25) is 0 Å². The van der Waals surface area contributed by atoms with E-state index in [4.69, 9.17) is 5.21 Å². The Morgan fingerprint density at radius 1 is 1.18 bits per heavy atom. The van der Waals surface area contributed by atoms with Gasteiger partial charge in [-0.3, -0.25) is 0 Å². The van der Waals surface area contributed by atoms with Gasteiger partial charge in [-0.1, -0.05) is 17.2 Å². The first-order valence-corrected chi connectivity index (χ1v) is 6.42. The van der Waals surface area contributed by atoms with Crippen LogP contribution < -0.4 is 5.23 Å². The molecule has 0 bridgehead atoms. The van der Waals surface area contributed by atoms with E-state index < -0.39 is 5.23 Å². The third-order valence-corrected chi connectivity index (χ3v) is 3.38. The molecule has 0 saturated carbocycles. The summed E-state index contributed by atoms with van der Waals surface area (Å²) in [5.74, 6) is 0.952. The van der Waals surface area contributed by atoms with Crippen LogP contribution in [0.15, 0.2) is 30.3 Å². The average Bonchev–Trinajstić information content (AvgIpc) is 3.13. The molecule has 0 aliphatic heterocycles. The highest BCUT2D eigenvalue weighted by molar-refractivity contribution is 5.65. The number of aryl methyl sites for hydroxylation is 1. The van der Waals surface area contributed by atoms with Crippen LogP contribution in [0.3, 0.4) is 0 Å². The number of aromatic nitrogens is 7. The summed E-state index contributed by atoms with van der Waals surface area (Å²) in [5.41, 5.74) is 2.22. The van der Waals surface area contributed by atoms with E-state index in [9.17, 15) is 5.21 Å². The largest absolute Gasteiger partial charge is 0.595 e. The minimum Gasteiger partial charge on any atom is -0.595 e. The Balaban J connectivity index is 2.03. The number of hydrogen-bond acceptors (Lipinski definition) is 7. The number of hydrogen-bond donors (Lipinski definition) is 2. The maximum absolute atomic E-state index is 11.1. The van der Waals surface area contributed by atoms with Gasteiger partial charge >= 0.3 is 0 Å². The second kappa shape index (κ2) is 4.53. The zero-order valence-corrected chi connectivity index (χ0v) is 11.4. The monoisotopic (exact) mass is 298 g/mol. The van der Waals surface area contributed by atoms with Crippen LogP contribution >= 0.6 is 0 Å². The highest BCUT2D eigenvalue weighted by atomic mass is 16.8. The molecule has 10 heteroatoms. The quantitative estimate of drug-likeness (QED) is 0.480. The van der Waals surface area contributed by atoms with Crippen molar-refractivity contribution in [2.24, 2.45) is 0 Å². The molecule has 0 fully saturated rings. The maximum atomic E-state index is 11.1. The summed E-state index contributed by atoms with van der Waals surface area (Å²) in [6.07, 6.45) is 0. The fourth-order valence-corrected chi connectivity index (χ4v) is 2.36. The number of nitrogens with zero attached hydrogens (tertiary/aromatic N) is 7. The minimum absolute atomic E-state index is 0.178. The summed E-state index contributed by atoms with van der Waals surface area (Å²) >= 11 is 0. The molecule has 0 aliphatic rings. The van der Waals surface area contributed by atoms with Gasteiger partial charge in [0.15, 0.2) is 17.2 Å². The van der Waals surface area contributed by atoms with Crippen molar-refractivity contribution in [3.8, 4) is 11.4 Å². The second-order valence-electron chi connectivity index (χ2n) is 4.78. The van der Waals surface area contributed by atoms with Crippen LogP contribution in [-0.4, -0.2) is 39.8 Å². The molecule has 1 unspecified atom stereocenters. The van der Waals surface area contributed by atoms with E-state index >= 15 is 0 Å². The smallest absolute Gasteiger partial charge is 0.261 e. The lowest BCUT2D eigenvalue weighted by molar-refractivity contribution is -0.991. The lowest BCUT2D eigenvalue weighted by Crippen LogP contribution is -2.99. The predicted molar refractivity (Wildman–Crippen MR) is 73.3 cm³/mol. The van der Waals surface area contributed by atoms with E-state index in [0.29, 0.717) is 22.8 Å². The Bertz CT molecular complexity index is 989. The molecular weight excluding hydrogens is 288 g/mol. The fourth-order valence-electron chi connectivity index (χ4n) is 2.36. The molecule has 110 valence electrons. The normalized spacial score (nSPS) is 13.0. The molecular formula is C12H10N8O2. The van der Waals surface area contributed by atoms with E-state index in [1.165, 1.54) is 6.07 Å². The third kappa shape index (κ3) is 1.75. The van der Waals surface area contributed by atoms with Crippen molar-refractivity contribution in [3.63, 3.8) is 0 Å². The summed E-state index contributed by atoms with van der Waals surface area (Å²) in [5, 5.41) is 39.1. The number of benzene rings is 1. The van der Waals surface area contributed by atoms with Gasteiger partial charge in [-0.25, -0.2) is 9.61 Å². The number of tetrazole rings is 1. The molecule has 0 aliphatic carbocycles. The number of quaternary nitrogens is 1. The van der Waals surface area contributed by atoms with Gasteiger partial charge < -0.3 is 5.21 Å². The second-order valence-corrected chi connectivity index (χ2v) is 4.78. The highest BCUT2D eigenvalue weighted by Crippen LogP contribution is 2.22. The Hall–Kier alpha value is -2.95. The summed E-state index contributed by atoms with van der Waals surface area (Å²) in [6.45, 7) is 1.86. The molecule has 0 saturated heterocycles. The van der Waals surface area contributed by atoms with E-state index in [1.807, 2.05) is 6.92 Å². The molecule has 1 aromatic carbocycles. The molecule has 3 aromatic heterocycles. The van der Waals surface area contributed by atoms with Gasteiger partial charge in [-0.2, -0.15) is 9.74 Å². The lowest BCUT2D eigenvalue weighted by Gasteiger charge is -2.11. The Labute approximate surface area is 122 Å². The van der Waals surface area contributed by atoms with Gasteiger partial charge in [0.1, 0.15) is 0 Å². The van der Waals surface area contributed by atoms with E-state index in [-0.39, 0.29) is 5.69 Å².